The zero-order valence-corrected chi connectivity index (χ0v) is 10.8. The molecule has 0 spiro atoms. The van der Waals surface area contributed by atoms with Gasteiger partial charge in [0.15, 0.2) is 11.5 Å². The van der Waals surface area contributed by atoms with E-state index in [0.717, 1.165) is 29.3 Å². The molecule has 4 nitrogen and oxygen atoms in total. The Morgan fingerprint density at radius 1 is 1.11 bits per heavy atom. The Morgan fingerprint density at radius 2 is 1.84 bits per heavy atom. The summed E-state index contributed by atoms with van der Waals surface area (Å²) in [5.41, 5.74) is 14.7. The number of hydrogen-bond acceptors (Lipinski definition) is 4. The van der Waals surface area contributed by atoms with E-state index >= 15 is 0 Å². The van der Waals surface area contributed by atoms with Crippen molar-refractivity contribution >= 4 is 17.1 Å². The first-order valence-corrected chi connectivity index (χ1v) is 6.42. The lowest BCUT2D eigenvalue weighted by Crippen LogP contribution is -2.39. The predicted molar refractivity (Wildman–Crippen MR) is 77.8 cm³/mol. The molecule has 4 N–H and O–H groups in total. The number of hydrogen-bond donors (Lipinski definition) is 2. The molecule has 19 heavy (non-hydrogen) atoms. The minimum absolute atomic E-state index is 0.106. The predicted octanol–water partition coefficient (Wildman–Crippen LogP) is 3.21. The zero-order chi connectivity index (χ0) is 13.4. The van der Waals surface area contributed by atoms with E-state index in [1.807, 2.05) is 42.5 Å². The molecule has 0 bridgehead atoms. The number of anilines is 3. The van der Waals surface area contributed by atoms with E-state index in [9.17, 15) is 0 Å². The van der Waals surface area contributed by atoms with Gasteiger partial charge >= 0.3 is 0 Å². The number of fused-ring (bicyclic) bond motifs is 2. The molecule has 0 radical (unpaired) electrons. The molecular weight excluding hydrogens is 238 g/mol. The van der Waals surface area contributed by atoms with Crippen molar-refractivity contribution in [3.05, 3.63) is 42.5 Å². The molecule has 0 fully saturated rings. The van der Waals surface area contributed by atoms with Crippen molar-refractivity contribution in [3.63, 3.8) is 0 Å². The van der Waals surface area contributed by atoms with Crippen molar-refractivity contribution < 1.29 is 4.74 Å². The minimum Gasteiger partial charge on any atom is -0.453 e. The lowest BCUT2D eigenvalue weighted by Gasteiger charge is -2.36. The molecule has 0 saturated heterocycles. The molecule has 1 aliphatic rings. The highest BCUT2D eigenvalue weighted by molar-refractivity contribution is 5.80. The van der Waals surface area contributed by atoms with Crippen LogP contribution >= 0.6 is 0 Å². The molecule has 1 heterocycles. The third-order valence-electron chi connectivity index (χ3n) is 3.34. The molecule has 0 aromatic heterocycles. The van der Waals surface area contributed by atoms with Crippen molar-refractivity contribution in [2.75, 3.05) is 10.6 Å². The summed E-state index contributed by atoms with van der Waals surface area (Å²) in [6, 6.07) is 13.5. The third kappa shape index (κ3) is 1.90. The van der Waals surface area contributed by atoms with Crippen LogP contribution in [0.3, 0.4) is 0 Å². The Bertz CT molecular complexity index is 612. The highest BCUT2D eigenvalue weighted by atomic mass is 16.5. The van der Waals surface area contributed by atoms with Gasteiger partial charge in [-0.1, -0.05) is 19.1 Å². The van der Waals surface area contributed by atoms with Gasteiger partial charge in [0.1, 0.15) is 0 Å². The normalized spacial score (nSPS) is 14.3. The van der Waals surface area contributed by atoms with Crippen LogP contribution in [0.2, 0.25) is 0 Å². The van der Waals surface area contributed by atoms with Crippen LogP contribution in [0, 0.1) is 0 Å². The molecule has 2 aromatic rings. The molecule has 0 amide bonds. The number of ether oxygens (including phenoxy) is 1. The van der Waals surface area contributed by atoms with Crippen molar-refractivity contribution in [3.8, 4) is 11.5 Å². The van der Waals surface area contributed by atoms with Crippen LogP contribution in [0.25, 0.3) is 0 Å². The lowest BCUT2D eigenvalue weighted by atomic mass is 10.1. The lowest BCUT2D eigenvalue weighted by molar-refractivity contribution is 0.465. The fraction of sp³-hybridized carbons (Fsp3) is 0.200. The molecule has 2 aromatic carbocycles. The van der Waals surface area contributed by atoms with Gasteiger partial charge in [-0.2, -0.15) is 0 Å². The monoisotopic (exact) mass is 255 g/mol. The standard InChI is InChI=1S/C15H17N3O/c1-2-15(17)18-11-5-3-4-6-13(11)19-14-8-7-10(16)9-12(14)18/h3-9,15H,2,16-17H2,1H3. The SMILES string of the molecule is CCC(N)N1c2ccccc2Oc2ccc(N)cc21. The number of para-hydroxylation sites is 2. The van der Waals surface area contributed by atoms with Gasteiger partial charge in [-0.25, -0.2) is 0 Å². The van der Waals surface area contributed by atoms with E-state index in [1.165, 1.54) is 0 Å². The van der Waals surface area contributed by atoms with Crippen LogP contribution < -0.4 is 21.1 Å². The number of rotatable bonds is 2. The Kier molecular flexibility index (Phi) is 2.80. The number of nitrogens with two attached hydrogens (primary N) is 2. The van der Waals surface area contributed by atoms with Gasteiger partial charge < -0.3 is 21.1 Å². The van der Waals surface area contributed by atoms with Crippen LogP contribution in [0.4, 0.5) is 17.1 Å². The van der Waals surface area contributed by atoms with Crippen LogP contribution in [0.15, 0.2) is 42.5 Å². The highest BCUT2D eigenvalue weighted by Crippen LogP contribution is 2.47. The van der Waals surface area contributed by atoms with E-state index in [4.69, 9.17) is 16.2 Å². The second-order valence-electron chi connectivity index (χ2n) is 4.64. The van der Waals surface area contributed by atoms with Crippen LogP contribution in [0.1, 0.15) is 13.3 Å². The van der Waals surface area contributed by atoms with Crippen molar-refractivity contribution in [2.45, 2.75) is 19.5 Å². The summed E-state index contributed by atoms with van der Waals surface area (Å²) in [7, 11) is 0. The summed E-state index contributed by atoms with van der Waals surface area (Å²) in [5.74, 6) is 1.61. The summed E-state index contributed by atoms with van der Waals surface area (Å²) in [6.07, 6.45) is 0.730. The van der Waals surface area contributed by atoms with Gasteiger partial charge in [-0.3, -0.25) is 0 Å². The molecule has 98 valence electrons. The average Bonchev–Trinajstić information content (AvgIpc) is 2.44. The summed E-state index contributed by atoms with van der Waals surface area (Å²) in [6.45, 7) is 2.06. The summed E-state index contributed by atoms with van der Waals surface area (Å²) < 4.78 is 5.90. The minimum atomic E-state index is -0.106. The largest absolute Gasteiger partial charge is 0.453 e. The topological polar surface area (TPSA) is 64.5 Å². The molecular formula is C15H17N3O. The first-order valence-electron chi connectivity index (χ1n) is 6.42. The molecule has 0 aliphatic carbocycles. The molecule has 1 unspecified atom stereocenters. The Hall–Kier alpha value is -2.20. The summed E-state index contributed by atoms with van der Waals surface area (Å²) in [5, 5.41) is 0. The van der Waals surface area contributed by atoms with Crippen LogP contribution in [0.5, 0.6) is 11.5 Å². The second kappa shape index (κ2) is 4.48. The van der Waals surface area contributed by atoms with E-state index < -0.39 is 0 Å². The maximum atomic E-state index is 6.26. The number of nitrogen functional groups attached to an aromatic ring is 1. The first-order chi connectivity index (χ1) is 9.20. The molecule has 3 rings (SSSR count). The molecule has 1 aliphatic heterocycles. The van der Waals surface area contributed by atoms with Crippen molar-refractivity contribution in [1.82, 2.24) is 0 Å². The highest BCUT2D eigenvalue weighted by Gasteiger charge is 2.27. The Morgan fingerprint density at radius 3 is 2.63 bits per heavy atom. The fourth-order valence-electron chi connectivity index (χ4n) is 2.34. The second-order valence-corrected chi connectivity index (χ2v) is 4.64. The maximum Gasteiger partial charge on any atom is 0.151 e. The zero-order valence-electron chi connectivity index (χ0n) is 10.8. The third-order valence-corrected chi connectivity index (χ3v) is 3.34. The van der Waals surface area contributed by atoms with Gasteiger partial charge in [0.05, 0.1) is 17.5 Å². The average molecular weight is 255 g/mol. The van der Waals surface area contributed by atoms with E-state index in [0.29, 0.717) is 5.69 Å². The summed E-state index contributed by atoms with van der Waals surface area (Å²) in [4.78, 5) is 2.09. The fourth-order valence-corrected chi connectivity index (χ4v) is 2.34. The Labute approximate surface area is 112 Å². The number of nitrogens with zero attached hydrogens (tertiary/aromatic N) is 1. The maximum absolute atomic E-state index is 6.26. The van der Waals surface area contributed by atoms with Crippen molar-refractivity contribution in [2.24, 2.45) is 5.73 Å². The van der Waals surface area contributed by atoms with E-state index in [-0.39, 0.29) is 6.17 Å². The number of benzene rings is 2. The van der Waals surface area contributed by atoms with Crippen molar-refractivity contribution in [1.29, 1.82) is 0 Å². The van der Waals surface area contributed by atoms with Gasteiger partial charge in [0.2, 0.25) is 0 Å². The van der Waals surface area contributed by atoms with E-state index in [1.54, 1.807) is 0 Å². The van der Waals surface area contributed by atoms with Gasteiger partial charge in [0.25, 0.3) is 0 Å². The van der Waals surface area contributed by atoms with Crippen LogP contribution in [-0.2, 0) is 0 Å². The first kappa shape index (κ1) is 11.9. The molecule has 4 heteroatoms. The Balaban J connectivity index is 2.19. The van der Waals surface area contributed by atoms with Gasteiger partial charge in [-0.15, -0.1) is 0 Å². The van der Waals surface area contributed by atoms with E-state index in [2.05, 4.69) is 11.8 Å². The quantitative estimate of drug-likeness (QED) is 0.809. The molecule has 0 saturated carbocycles. The summed E-state index contributed by atoms with van der Waals surface area (Å²) >= 11 is 0. The van der Waals surface area contributed by atoms with Gasteiger partial charge in [-0.05, 0) is 36.8 Å². The molecule has 1 atom stereocenters. The van der Waals surface area contributed by atoms with Crippen LogP contribution in [-0.4, -0.2) is 6.17 Å². The smallest absolute Gasteiger partial charge is 0.151 e. The van der Waals surface area contributed by atoms with Gasteiger partial charge in [0, 0.05) is 5.69 Å².